The lowest BCUT2D eigenvalue weighted by Gasteiger charge is -1.94. The summed E-state index contributed by atoms with van der Waals surface area (Å²) in [5.41, 5.74) is 4.31. The fourth-order valence-electron chi connectivity index (χ4n) is 0.173. The molecule has 0 heterocycles. The third-order valence-electron chi connectivity index (χ3n) is 0.386. The van der Waals surface area contributed by atoms with E-state index in [2.05, 4.69) is 5.43 Å². The Balaban J connectivity index is 3.00. The molecule has 3 nitrogen and oxygen atoms in total. The minimum Gasteiger partial charge on any atom is -0.290 e. The molecule has 0 radical (unpaired) electrons. The lowest BCUT2D eigenvalue weighted by atomic mass is 10.7. The Labute approximate surface area is 40.9 Å². The predicted molar refractivity (Wildman–Crippen MR) is 23.2 cm³/mol. The molecule has 0 aliphatic carbocycles. The summed E-state index contributed by atoms with van der Waals surface area (Å²) in [4.78, 5) is 9.86. The lowest BCUT2D eigenvalue weighted by Crippen LogP contribution is -2.35. The molecule has 0 aromatic carbocycles. The van der Waals surface area contributed by atoms with Crippen LogP contribution in [0.15, 0.2) is 0 Å². The average Bonchev–Trinajstić information content (AvgIpc) is 1.68. The van der Waals surface area contributed by atoms with Gasteiger partial charge in [0.05, 0.1) is 0 Å². The molecule has 2 N–H and O–H groups in total. The summed E-state index contributed by atoms with van der Waals surface area (Å²) >= 11 is 0. The largest absolute Gasteiger partial charge is 0.290 e. The molecule has 0 aliphatic heterocycles. The van der Waals surface area contributed by atoms with Gasteiger partial charge in [0.2, 0.25) is 0 Å². The van der Waals surface area contributed by atoms with E-state index in [4.69, 9.17) is 0 Å². The maximum Gasteiger partial charge on any atom is 0.265 e. The molecule has 0 fully saturated rings. The van der Waals surface area contributed by atoms with Crippen molar-refractivity contribution in [1.82, 2.24) is 10.9 Å². The van der Waals surface area contributed by atoms with Crippen molar-refractivity contribution in [3.05, 3.63) is 0 Å². The number of nitrogens with one attached hydrogen (secondary N) is 2. The van der Waals surface area contributed by atoms with E-state index in [-0.39, 0.29) is 0 Å². The van der Waals surface area contributed by atoms with E-state index in [9.17, 15) is 9.18 Å². The van der Waals surface area contributed by atoms with E-state index in [1.54, 1.807) is 0 Å². The number of carbonyl (C=O) groups excluding carboxylic acids is 1. The van der Waals surface area contributed by atoms with Crippen molar-refractivity contribution in [2.24, 2.45) is 0 Å². The molecule has 0 bridgehead atoms. The van der Waals surface area contributed by atoms with Gasteiger partial charge in [-0.25, -0.2) is 9.82 Å². The van der Waals surface area contributed by atoms with Crippen LogP contribution >= 0.6 is 0 Å². The van der Waals surface area contributed by atoms with Gasteiger partial charge < -0.3 is 0 Å². The number of carbonyl (C=O) groups is 1. The molecule has 0 rings (SSSR count). The van der Waals surface area contributed by atoms with Gasteiger partial charge in [-0.2, -0.15) is 0 Å². The van der Waals surface area contributed by atoms with Crippen LogP contribution in [0.4, 0.5) is 4.39 Å². The van der Waals surface area contributed by atoms with Gasteiger partial charge in [-0.3, -0.25) is 10.2 Å². The van der Waals surface area contributed by atoms with Crippen molar-refractivity contribution in [2.75, 3.05) is 13.7 Å². The average molecular weight is 106 g/mol. The molecule has 1 amide bonds. The molecule has 0 aromatic heterocycles. The third-order valence-corrected chi connectivity index (χ3v) is 0.386. The van der Waals surface area contributed by atoms with Crippen LogP contribution in [-0.4, -0.2) is 19.6 Å². The fraction of sp³-hybridized carbons (Fsp3) is 0.667. The van der Waals surface area contributed by atoms with Crippen molar-refractivity contribution < 1.29 is 9.18 Å². The maximum absolute atomic E-state index is 11.1. The molecule has 7 heavy (non-hydrogen) atoms. The van der Waals surface area contributed by atoms with Crippen molar-refractivity contribution in [2.45, 2.75) is 0 Å². The summed E-state index contributed by atoms with van der Waals surface area (Å²) in [6.07, 6.45) is 0. The summed E-state index contributed by atoms with van der Waals surface area (Å²) in [6.45, 7) is -0.971. The highest BCUT2D eigenvalue weighted by Gasteiger charge is 1.91. The fourth-order valence-corrected chi connectivity index (χ4v) is 0.173. The minimum absolute atomic E-state index is 0.650. The van der Waals surface area contributed by atoms with E-state index in [1.807, 2.05) is 5.43 Å². The van der Waals surface area contributed by atoms with E-state index in [0.29, 0.717) is 0 Å². The van der Waals surface area contributed by atoms with Gasteiger partial charge in [-0.15, -0.1) is 0 Å². The van der Waals surface area contributed by atoms with Crippen molar-refractivity contribution in [1.29, 1.82) is 0 Å². The molecule has 42 valence electrons. The van der Waals surface area contributed by atoms with E-state index < -0.39 is 12.6 Å². The second-order valence-electron chi connectivity index (χ2n) is 0.932. The smallest absolute Gasteiger partial charge is 0.265 e. The van der Waals surface area contributed by atoms with Gasteiger partial charge in [0.15, 0.2) is 6.67 Å². The number of amides is 1. The van der Waals surface area contributed by atoms with Crippen LogP contribution < -0.4 is 10.9 Å². The van der Waals surface area contributed by atoms with Crippen molar-refractivity contribution in [3.63, 3.8) is 0 Å². The molecule has 0 unspecified atom stereocenters. The summed E-state index contributed by atoms with van der Waals surface area (Å²) in [6, 6.07) is 0. The number of halogens is 1. The maximum atomic E-state index is 11.1. The Kier molecular flexibility index (Phi) is 3.22. The van der Waals surface area contributed by atoms with Gasteiger partial charge in [0.1, 0.15) is 0 Å². The van der Waals surface area contributed by atoms with Gasteiger partial charge in [-0.1, -0.05) is 0 Å². The Morgan fingerprint density at radius 3 is 2.57 bits per heavy atom. The monoisotopic (exact) mass is 106 g/mol. The first-order valence-corrected chi connectivity index (χ1v) is 1.82. The van der Waals surface area contributed by atoms with Crippen LogP contribution in [0.25, 0.3) is 0 Å². The first-order valence-electron chi connectivity index (χ1n) is 1.82. The quantitative estimate of drug-likeness (QED) is 0.453. The highest BCUT2D eigenvalue weighted by Crippen LogP contribution is 1.61. The summed E-state index contributed by atoms with van der Waals surface area (Å²) in [5, 5.41) is 0. The van der Waals surface area contributed by atoms with E-state index in [1.165, 1.54) is 7.05 Å². The zero-order chi connectivity index (χ0) is 5.70. The molecular formula is C3H7FN2O. The third kappa shape index (κ3) is 3.18. The van der Waals surface area contributed by atoms with Gasteiger partial charge >= 0.3 is 0 Å². The molecule has 0 aromatic rings. The van der Waals surface area contributed by atoms with Crippen LogP contribution in [0, 0.1) is 0 Å². The number of hydrogen-bond donors (Lipinski definition) is 2. The first-order chi connectivity index (χ1) is 3.31. The number of rotatable bonds is 2. The number of alkyl halides is 1. The second kappa shape index (κ2) is 3.55. The van der Waals surface area contributed by atoms with Gasteiger partial charge in [0, 0.05) is 7.05 Å². The molecule has 0 saturated carbocycles. The lowest BCUT2D eigenvalue weighted by molar-refractivity contribution is -0.122. The van der Waals surface area contributed by atoms with Crippen LogP contribution in [0.3, 0.4) is 0 Å². The molecule has 0 saturated heterocycles. The minimum atomic E-state index is -0.971. The van der Waals surface area contributed by atoms with Crippen LogP contribution in [0.5, 0.6) is 0 Å². The Hall–Kier alpha value is -0.640. The topological polar surface area (TPSA) is 41.1 Å². The first kappa shape index (κ1) is 6.36. The predicted octanol–water partition coefficient (Wildman–Crippen LogP) is -0.794. The molecule has 0 aliphatic rings. The van der Waals surface area contributed by atoms with Gasteiger partial charge in [0.25, 0.3) is 5.91 Å². The zero-order valence-electron chi connectivity index (χ0n) is 3.99. The highest BCUT2D eigenvalue weighted by atomic mass is 19.1. The van der Waals surface area contributed by atoms with Crippen LogP contribution in [-0.2, 0) is 4.79 Å². The molecular weight excluding hydrogens is 99.0 g/mol. The van der Waals surface area contributed by atoms with E-state index in [0.717, 1.165) is 0 Å². The summed E-state index contributed by atoms with van der Waals surface area (Å²) in [7, 11) is 1.49. The number of hydrazine groups is 1. The summed E-state index contributed by atoms with van der Waals surface area (Å²) in [5.74, 6) is -0.650. The normalized spacial score (nSPS) is 8.29. The van der Waals surface area contributed by atoms with Gasteiger partial charge in [-0.05, 0) is 0 Å². The summed E-state index contributed by atoms with van der Waals surface area (Å²) < 4.78 is 11.1. The molecule has 0 spiro atoms. The molecule has 0 atom stereocenters. The number of hydrogen-bond acceptors (Lipinski definition) is 2. The van der Waals surface area contributed by atoms with E-state index >= 15 is 0 Å². The van der Waals surface area contributed by atoms with Crippen LogP contribution in [0.2, 0.25) is 0 Å². The molecule has 4 heteroatoms. The second-order valence-corrected chi connectivity index (χ2v) is 0.932. The SMILES string of the molecule is CNNC(=O)CF. The van der Waals surface area contributed by atoms with Crippen LogP contribution in [0.1, 0.15) is 0 Å². The highest BCUT2D eigenvalue weighted by molar-refractivity contribution is 5.76. The van der Waals surface area contributed by atoms with Crippen molar-refractivity contribution >= 4 is 5.91 Å². The zero-order valence-corrected chi connectivity index (χ0v) is 3.99. The standard InChI is InChI=1S/C3H7FN2O/c1-5-6-3(7)2-4/h5H,2H2,1H3,(H,6,7). The Bertz CT molecular complexity index is 66.0. The van der Waals surface area contributed by atoms with Crippen molar-refractivity contribution in [3.8, 4) is 0 Å². The Morgan fingerprint density at radius 1 is 1.86 bits per heavy atom. The Morgan fingerprint density at radius 2 is 2.43 bits per heavy atom.